The molecule has 26 heavy (non-hydrogen) atoms. The first-order chi connectivity index (χ1) is 12.8. The predicted molar refractivity (Wildman–Crippen MR) is 104 cm³/mol. The first-order valence-electron chi connectivity index (χ1n) is 8.37. The highest BCUT2D eigenvalue weighted by molar-refractivity contribution is 7.99. The van der Waals surface area contributed by atoms with Gasteiger partial charge in [0.25, 0.3) is 0 Å². The molecule has 3 aromatic rings. The van der Waals surface area contributed by atoms with Crippen LogP contribution in [0.25, 0.3) is 0 Å². The lowest BCUT2D eigenvalue weighted by molar-refractivity contribution is 0.354. The van der Waals surface area contributed by atoms with Crippen LogP contribution >= 0.6 is 11.8 Å². The number of furan rings is 1. The number of rotatable bonds is 4. The molecule has 1 atom stereocenters. The van der Waals surface area contributed by atoms with Gasteiger partial charge in [-0.25, -0.2) is 4.99 Å². The normalized spacial score (nSPS) is 16.4. The molecule has 1 aliphatic rings. The largest absolute Gasteiger partial charge is 0.493 e. The standard InChI is InChI=1S/C21H19NO3S/c1-23-18-10-9-14(12-19(18)24-2)21-13-16(17-7-5-11-25-17)22-15-6-3-4-8-20(15)26-21/h3-12,21H,13H2,1-2H3. The number of ether oxygens (including phenoxy) is 2. The molecule has 0 saturated carbocycles. The maximum Gasteiger partial charge on any atom is 0.161 e. The second-order valence-corrected chi connectivity index (χ2v) is 7.17. The summed E-state index contributed by atoms with van der Waals surface area (Å²) in [6.07, 6.45) is 2.45. The molecule has 0 amide bonds. The second kappa shape index (κ2) is 7.30. The minimum absolute atomic E-state index is 0.197. The van der Waals surface area contributed by atoms with E-state index in [0.717, 1.165) is 40.0 Å². The molecule has 5 heteroatoms. The second-order valence-electron chi connectivity index (χ2n) is 5.93. The lowest BCUT2D eigenvalue weighted by Gasteiger charge is -2.17. The third-order valence-corrected chi connectivity index (χ3v) is 5.68. The van der Waals surface area contributed by atoms with E-state index in [1.54, 1.807) is 20.5 Å². The van der Waals surface area contributed by atoms with Crippen LogP contribution in [-0.4, -0.2) is 19.9 Å². The Morgan fingerprint density at radius 1 is 1.00 bits per heavy atom. The molecule has 0 bridgehead atoms. The molecule has 0 saturated heterocycles. The topological polar surface area (TPSA) is 44.0 Å². The van der Waals surface area contributed by atoms with Crippen molar-refractivity contribution in [1.29, 1.82) is 0 Å². The molecule has 0 spiro atoms. The van der Waals surface area contributed by atoms with Gasteiger partial charge in [0.2, 0.25) is 0 Å². The first kappa shape index (κ1) is 16.8. The van der Waals surface area contributed by atoms with Gasteiger partial charge in [-0.15, -0.1) is 11.8 Å². The van der Waals surface area contributed by atoms with Gasteiger partial charge in [0, 0.05) is 16.6 Å². The van der Waals surface area contributed by atoms with E-state index in [9.17, 15) is 0 Å². The first-order valence-corrected chi connectivity index (χ1v) is 9.25. The van der Waals surface area contributed by atoms with E-state index in [0.29, 0.717) is 0 Å². The lowest BCUT2D eigenvalue weighted by Crippen LogP contribution is -2.05. The number of hydrogen-bond donors (Lipinski definition) is 0. The Kier molecular flexibility index (Phi) is 4.71. The summed E-state index contributed by atoms with van der Waals surface area (Å²) in [6, 6.07) is 18.2. The average molecular weight is 365 g/mol. The Morgan fingerprint density at radius 2 is 1.85 bits per heavy atom. The van der Waals surface area contributed by atoms with Crippen LogP contribution in [0.1, 0.15) is 23.0 Å². The predicted octanol–water partition coefficient (Wildman–Crippen LogP) is 5.65. The summed E-state index contributed by atoms with van der Waals surface area (Å²) < 4.78 is 16.5. The molecule has 2 aromatic carbocycles. The molecule has 1 aromatic heterocycles. The Balaban J connectivity index is 1.77. The number of hydrogen-bond acceptors (Lipinski definition) is 5. The van der Waals surface area contributed by atoms with Gasteiger partial charge in [0.1, 0.15) is 5.76 Å². The van der Waals surface area contributed by atoms with Crippen molar-refractivity contribution in [2.24, 2.45) is 4.99 Å². The SMILES string of the molecule is COc1ccc(C2CC(c3ccco3)=Nc3ccccc3S2)cc1OC. The fourth-order valence-corrected chi connectivity index (χ4v) is 4.27. The Hall–Kier alpha value is -2.66. The third kappa shape index (κ3) is 3.22. The lowest BCUT2D eigenvalue weighted by atomic mass is 10.0. The van der Waals surface area contributed by atoms with Gasteiger partial charge in [-0.3, -0.25) is 0 Å². The summed E-state index contributed by atoms with van der Waals surface area (Å²) >= 11 is 1.81. The van der Waals surface area contributed by atoms with Crippen molar-refractivity contribution in [2.75, 3.05) is 14.2 Å². The van der Waals surface area contributed by atoms with Crippen LogP contribution in [0.2, 0.25) is 0 Å². The summed E-state index contributed by atoms with van der Waals surface area (Å²) in [7, 11) is 3.31. The van der Waals surface area contributed by atoms with E-state index in [4.69, 9.17) is 18.9 Å². The van der Waals surface area contributed by atoms with Gasteiger partial charge in [0.15, 0.2) is 11.5 Å². The number of thioether (sulfide) groups is 1. The number of nitrogens with zero attached hydrogens (tertiary/aromatic N) is 1. The van der Waals surface area contributed by atoms with E-state index in [1.807, 2.05) is 54.2 Å². The molecule has 4 nitrogen and oxygen atoms in total. The van der Waals surface area contributed by atoms with Gasteiger partial charge >= 0.3 is 0 Å². The minimum Gasteiger partial charge on any atom is -0.493 e. The van der Waals surface area contributed by atoms with Crippen molar-refractivity contribution in [1.82, 2.24) is 0 Å². The fourth-order valence-electron chi connectivity index (χ4n) is 3.05. The third-order valence-electron chi connectivity index (χ3n) is 4.35. The summed E-state index contributed by atoms with van der Waals surface area (Å²) in [4.78, 5) is 6.04. The van der Waals surface area contributed by atoms with Crippen molar-refractivity contribution >= 4 is 23.2 Å². The maximum atomic E-state index is 5.62. The van der Waals surface area contributed by atoms with E-state index < -0.39 is 0 Å². The molecule has 0 fully saturated rings. The summed E-state index contributed by atoms with van der Waals surface area (Å²) in [5, 5.41) is 0.197. The Labute approximate surface area is 156 Å². The van der Waals surface area contributed by atoms with Crippen molar-refractivity contribution < 1.29 is 13.9 Å². The van der Waals surface area contributed by atoms with Crippen LogP contribution in [0.3, 0.4) is 0 Å². The molecule has 0 N–H and O–H groups in total. The quantitative estimate of drug-likeness (QED) is 0.599. The Morgan fingerprint density at radius 3 is 2.62 bits per heavy atom. The van der Waals surface area contributed by atoms with Gasteiger partial charge in [-0.1, -0.05) is 18.2 Å². The number of benzene rings is 2. The van der Waals surface area contributed by atoms with Crippen LogP contribution in [0.5, 0.6) is 11.5 Å². The minimum atomic E-state index is 0.197. The molecule has 0 aliphatic carbocycles. The van der Waals surface area contributed by atoms with Crippen molar-refractivity contribution in [3.05, 3.63) is 72.2 Å². The van der Waals surface area contributed by atoms with Crippen LogP contribution in [-0.2, 0) is 0 Å². The summed E-state index contributed by atoms with van der Waals surface area (Å²) in [5.74, 6) is 2.28. The van der Waals surface area contributed by atoms with E-state index >= 15 is 0 Å². The van der Waals surface area contributed by atoms with Crippen molar-refractivity contribution in [3.63, 3.8) is 0 Å². The molecular weight excluding hydrogens is 346 g/mol. The molecule has 2 heterocycles. The highest BCUT2D eigenvalue weighted by Crippen LogP contribution is 2.46. The number of para-hydroxylation sites is 1. The Bertz CT molecular complexity index is 934. The number of fused-ring (bicyclic) bond motifs is 1. The van der Waals surface area contributed by atoms with Crippen LogP contribution in [0, 0.1) is 0 Å². The smallest absolute Gasteiger partial charge is 0.161 e. The van der Waals surface area contributed by atoms with Crippen LogP contribution < -0.4 is 9.47 Å². The average Bonchev–Trinajstić information content (AvgIpc) is 3.15. The highest BCUT2D eigenvalue weighted by atomic mass is 32.2. The van der Waals surface area contributed by atoms with Gasteiger partial charge in [-0.2, -0.15) is 0 Å². The molecule has 132 valence electrons. The van der Waals surface area contributed by atoms with E-state index in [-0.39, 0.29) is 5.25 Å². The highest BCUT2D eigenvalue weighted by Gasteiger charge is 2.24. The van der Waals surface area contributed by atoms with Crippen LogP contribution in [0.4, 0.5) is 5.69 Å². The maximum absolute atomic E-state index is 5.62. The van der Waals surface area contributed by atoms with Gasteiger partial charge < -0.3 is 13.9 Å². The zero-order chi connectivity index (χ0) is 17.9. The molecular formula is C21H19NO3S. The summed E-state index contributed by atoms with van der Waals surface area (Å²) in [6.45, 7) is 0. The van der Waals surface area contributed by atoms with E-state index in [2.05, 4.69) is 12.1 Å². The number of aliphatic imine (C=N–C) groups is 1. The fraction of sp³-hybridized carbons (Fsp3) is 0.190. The molecule has 1 aliphatic heterocycles. The van der Waals surface area contributed by atoms with Crippen molar-refractivity contribution in [2.45, 2.75) is 16.6 Å². The van der Waals surface area contributed by atoms with Gasteiger partial charge in [-0.05, 0) is 42.0 Å². The number of methoxy groups -OCH3 is 2. The van der Waals surface area contributed by atoms with Crippen LogP contribution in [0.15, 0.2) is 75.2 Å². The van der Waals surface area contributed by atoms with Crippen molar-refractivity contribution in [3.8, 4) is 11.5 Å². The monoisotopic (exact) mass is 365 g/mol. The zero-order valence-corrected chi connectivity index (χ0v) is 15.5. The van der Waals surface area contributed by atoms with E-state index in [1.165, 1.54) is 5.56 Å². The molecule has 0 radical (unpaired) electrons. The summed E-state index contributed by atoms with van der Waals surface area (Å²) in [5.41, 5.74) is 3.10. The zero-order valence-electron chi connectivity index (χ0n) is 14.6. The van der Waals surface area contributed by atoms with Gasteiger partial charge in [0.05, 0.1) is 31.9 Å². The molecule has 4 rings (SSSR count). The molecule has 1 unspecified atom stereocenters.